The van der Waals surface area contributed by atoms with Crippen molar-refractivity contribution in [3.8, 4) is 0 Å². The van der Waals surface area contributed by atoms with Crippen molar-refractivity contribution < 1.29 is 18.0 Å². The van der Waals surface area contributed by atoms with Crippen LogP contribution in [0.5, 0.6) is 0 Å². The van der Waals surface area contributed by atoms with E-state index in [0.717, 1.165) is 11.1 Å². The van der Waals surface area contributed by atoms with Crippen LogP contribution in [-0.4, -0.2) is 50.5 Å². The second kappa shape index (κ2) is 13.3. The van der Waals surface area contributed by atoms with Crippen molar-refractivity contribution in [2.24, 2.45) is 5.92 Å². The van der Waals surface area contributed by atoms with E-state index in [9.17, 15) is 18.0 Å². The number of benzene rings is 2. The number of amides is 2. The van der Waals surface area contributed by atoms with Gasteiger partial charge in [-0.3, -0.25) is 13.9 Å². The molecule has 0 aliphatic heterocycles. The molecule has 0 radical (unpaired) electrons. The SMILES string of the molecule is CC[C@@H](C(=O)NCC(C)C)N(Cc1ccccc1)C(=O)CCCN(c1ccccc1C)S(C)(=O)=O. The van der Waals surface area contributed by atoms with Crippen LogP contribution >= 0.6 is 0 Å². The van der Waals surface area contributed by atoms with E-state index in [1.807, 2.05) is 70.2 Å². The number of rotatable bonds is 13. The van der Waals surface area contributed by atoms with Gasteiger partial charge in [-0.25, -0.2) is 8.42 Å². The minimum atomic E-state index is -3.51. The molecule has 0 unspecified atom stereocenters. The molecule has 7 nitrogen and oxygen atoms in total. The first kappa shape index (κ1) is 28.4. The molecule has 2 amide bonds. The molecular formula is C27H39N3O4S. The molecule has 0 aromatic heterocycles. The Morgan fingerprint density at radius 2 is 1.63 bits per heavy atom. The van der Waals surface area contributed by atoms with Crippen molar-refractivity contribution >= 4 is 27.5 Å². The van der Waals surface area contributed by atoms with Crippen LogP contribution < -0.4 is 9.62 Å². The van der Waals surface area contributed by atoms with Gasteiger partial charge in [0.2, 0.25) is 21.8 Å². The minimum absolute atomic E-state index is 0.138. The number of hydrogen-bond donors (Lipinski definition) is 1. The van der Waals surface area contributed by atoms with E-state index in [0.29, 0.717) is 37.5 Å². The lowest BCUT2D eigenvalue weighted by Crippen LogP contribution is -2.49. The quantitative estimate of drug-likeness (QED) is 0.447. The zero-order chi connectivity index (χ0) is 26.0. The molecule has 1 N–H and O–H groups in total. The van der Waals surface area contributed by atoms with Gasteiger partial charge in [-0.05, 0) is 42.9 Å². The standard InChI is InChI=1S/C27H39N3O4S/c1-6-24(27(32)28-19-21(2)3)29(20-23-14-8-7-9-15-23)26(31)17-12-18-30(35(5,33)34)25-16-11-10-13-22(25)4/h7-11,13-16,21,24H,6,12,17-20H2,1-5H3,(H,28,32)/t24-/m0/s1. The summed E-state index contributed by atoms with van der Waals surface area (Å²) in [5, 5.41) is 2.96. The average Bonchev–Trinajstić information content (AvgIpc) is 2.80. The summed E-state index contributed by atoms with van der Waals surface area (Å²) in [4.78, 5) is 28.0. The smallest absolute Gasteiger partial charge is 0.242 e. The van der Waals surface area contributed by atoms with E-state index in [1.54, 1.807) is 17.0 Å². The molecule has 0 saturated carbocycles. The lowest BCUT2D eigenvalue weighted by Gasteiger charge is -2.31. The predicted octanol–water partition coefficient (Wildman–Crippen LogP) is 4.12. The molecule has 0 aliphatic carbocycles. The van der Waals surface area contributed by atoms with Crippen LogP contribution in [-0.2, 0) is 26.2 Å². The normalized spacial score (nSPS) is 12.3. The highest BCUT2D eigenvalue weighted by molar-refractivity contribution is 7.92. The third kappa shape index (κ3) is 8.69. The molecule has 0 heterocycles. The number of para-hydroxylation sites is 1. The number of nitrogens with zero attached hydrogens (tertiary/aromatic N) is 2. The molecule has 0 bridgehead atoms. The lowest BCUT2D eigenvalue weighted by molar-refractivity contribution is -0.141. The first-order valence-electron chi connectivity index (χ1n) is 12.2. The van der Waals surface area contributed by atoms with Gasteiger partial charge < -0.3 is 10.2 Å². The van der Waals surface area contributed by atoms with Gasteiger partial charge in [0, 0.05) is 26.1 Å². The second-order valence-electron chi connectivity index (χ2n) is 9.30. The zero-order valence-electron chi connectivity index (χ0n) is 21.5. The van der Waals surface area contributed by atoms with Crippen molar-refractivity contribution in [1.82, 2.24) is 10.2 Å². The predicted molar refractivity (Wildman–Crippen MR) is 142 cm³/mol. The Kier molecular flexibility index (Phi) is 10.8. The molecular weight excluding hydrogens is 462 g/mol. The fraction of sp³-hybridized carbons (Fsp3) is 0.481. The lowest BCUT2D eigenvalue weighted by atomic mass is 10.1. The number of anilines is 1. The van der Waals surface area contributed by atoms with E-state index in [-0.39, 0.29) is 24.8 Å². The number of hydrogen-bond acceptors (Lipinski definition) is 4. The maximum absolute atomic E-state index is 13.4. The topological polar surface area (TPSA) is 86.8 Å². The highest BCUT2D eigenvalue weighted by Crippen LogP contribution is 2.23. The summed E-state index contributed by atoms with van der Waals surface area (Å²) < 4.78 is 26.3. The molecule has 0 saturated heterocycles. The summed E-state index contributed by atoms with van der Waals surface area (Å²) in [6.07, 6.45) is 2.14. The first-order chi connectivity index (χ1) is 16.5. The molecule has 35 heavy (non-hydrogen) atoms. The summed E-state index contributed by atoms with van der Waals surface area (Å²) in [5.41, 5.74) is 2.40. The molecule has 1 atom stereocenters. The van der Waals surface area contributed by atoms with Crippen molar-refractivity contribution in [1.29, 1.82) is 0 Å². The van der Waals surface area contributed by atoms with Crippen LogP contribution in [0.3, 0.4) is 0 Å². The Hall–Kier alpha value is -2.87. The minimum Gasteiger partial charge on any atom is -0.354 e. The third-order valence-electron chi connectivity index (χ3n) is 5.80. The monoisotopic (exact) mass is 501 g/mol. The van der Waals surface area contributed by atoms with E-state index in [4.69, 9.17) is 0 Å². The molecule has 0 aliphatic rings. The molecule has 192 valence electrons. The highest BCUT2D eigenvalue weighted by Gasteiger charge is 2.29. The van der Waals surface area contributed by atoms with Crippen molar-refractivity contribution in [3.63, 3.8) is 0 Å². The fourth-order valence-corrected chi connectivity index (χ4v) is 4.97. The molecule has 0 fully saturated rings. The molecule has 2 rings (SSSR count). The summed E-state index contributed by atoms with van der Waals surface area (Å²) in [7, 11) is -3.51. The summed E-state index contributed by atoms with van der Waals surface area (Å²) >= 11 is 0. The highest BCUT2D eigenvalue weighted by atomic mass is 32.2. The number of aryl methyl sites for hydroxylation is 1. The van der Waals surface area contributed by atoms with Crippen LogP contribution in [0.15, 0.2) is 54.6 Å². The summed E-state index contributed by atoms with van der Waals surface area (Å²) in [6.45, 7) is 8.86. The van der Waals surface area contributed by atoms with Gasteiger partial charge in [-0.15, -0.1) is 0 Å². The van der Waals surface area contributed by atoms with E-state index in [2.05, 4.69) is 5.32 Å². The summed E-state index contributed by atoms with van der Waals surface area (Å²) in [6, 6.07) is 16.3. The number of nitrogens with one attached hydrogen (secondary N) is 1. The Morgan fingerprint density at radius 3 is 2.20 bits per heavy atom. The molecule has 0 spiro atoms. The fourth-order valence-electron chi connectivity index (χ4n) is 3.95. The van der Waals surface area contributed by atoms with Gasteiger partial charge in [-0.1, -0.05) is 69.3 Å². The molecule has 8 heteroatoms. The number of carbonyl (C=O) groups excluding carboxylic acids is 2. The second-order valence-corrected chi connectivity index (χ2v) is 11.2. The Bertz CT molecular complexity index is 1070. The van der Waals surface area contributed by atoms with E-state index < -0.39 is 16.1 Å². The van der Waals surface area contributed by atoms with Crippen molar-refractivity contribution in [2.45, 2.75) is 59.5 Å². The van der Waals surface area contributed by atoms with Gasteiger partial charge >= 0.3 is 0 Å². The van der Waals surface area contributed by atoms with Crippen LogP contribution in [0.2, 0.25) is 0 Å². The molecule has 2 aromatic rings. The number of carbonyl (C=O) groups is 2. The Balaban J connectivity index is 2.19. The Morgan fingerprint density at radius 1 is 1.00 bits per heavy atom. The van der Waals surface area contributed by atoms with Gasteiger partial charge in [0.05, 0.1) is 11.9 Å². The van der Waals surface area contributed by atoms with Gasteiger partial charge in [0.15, 0.2) is 0 Å². The zero-order valence-corrected chi connectivity index (χ0v) is 22.3. The van der Waals surface area contributed by atoms with Crippen molar-refractivity contribution in [3.05, 3.63) is 65.7 Å². The average molecular weight is 502 g/mol. The van der Waals surface area contributed by atoms with Crippen LogP contribution in [0.1, 0.15) is 51.2 Å². The van der Waals surface area contributed by atoms with Crippen LogP contribution in [0.25, 0.3) is 0 Å². The maximum Gasteiger partial charge on any atom is 0.242 e. The largest absolute Gasteiger partial charge is 0.354 e. The van der Waals surface area contributed by atoms with E-state index in [1.165, 1.54) is 10.6 Å². The van der Waals surface area contributed by atoms with Crippen molar-refractivity contribution in [2.75, 3.05) is 23.7 Å². The first-order valence-corrected chi connectivity index (χ1v) is 14.0. The van der Waals surface area contributed by atoms with Gasteiger partial charge in [0.25, 0.3) is 0 Å². The molecule has 2 aromatic carbocycles. The maximum atomic E-state index is 13.4. The Labute approximate surface area is 210 Å². The third-order valence-corrected chi connectivity index (χ3v) is 6.98. The van der Waals surface area contributed by atoms with Gasteiger partial charge in [0.1, 0.15) is 6.04 Å². The van der Waals surface area contributed by atoms with Crippen LogP contribution in [0, 0.1) is 12.8 Å². The summed E-state index contributed by atoms with van der Waals surface area (Å²) in [5.74, 6) is -0.0278. The number of sulfonamides is 1. The van der Waals surface area contributed by atoms with E-state index >= 15 is 0 Å². The van der Waals surface area contributed by atoms with Crippen LogP contribution in [0.4, 0.5) is 5.69 Å². The van der Waals surface area contributed by atoms with Gasteiger partial charge in [-0.2, -0.15) is 0 Å².